The average Bonchev–Trinajstić information content (AvgIpc) is 2.83. The third kappa shape index (κ3) is 3.90. The predicted octanol–water partition coefficient (Wildman–Crippen LogP) is 5.24. The fourth-order valence-electron chi connectivity index (χ4n) is 2.22. The normalized spacial score (nSPS) is 12.6. The molecule has 0 amide bonds. The molecule has 1 N–H and O–H groups in total. The maximum atomic E-state index is 13.2. The van der Waals surface area contributed by atoms with Crippen molar-refractivity contribution in [2.75, 3.05) is 6.54 Å². The van der Waals surface area contributed by atoms with Crippen LogP contribution in [-0.2, 0) is 6.42 Å². The van der Waals surface area contributed by atoms with Gasteiger partial charge in [0.2, 0.25) is 0 Å². The lowest BCUT2D eigenvalue weighted by Crippen LogP contribution is -2.24. The first kappa shape index (κ1) is 15.7. The molecule has 0 aliphatic carbocycles. The quantitative estimate of drug-likeness (QED) is 0.746. The predicted molar refractivity (Wildman–Crippen MR) is 87.9 cm³/mol. The van der Waals surface area contributed by atoms with Crippen LogP contribution in [0.4, 0.5) is 4.39 Å². The van der Waals surface area contributed by atoms with Gasteiger partial charge in [-0.05, 0) is 61.0 Å². The van der Waals surface area contributed by atoms with Gasteiger partial charge in [-0.2, -0.15) is 0 Å². The number of benzene rings is 1. The molecule has 2 aromatic rings. The van der Waals surface area contributed by atoms with Crippen LogP contribution in [0.15, 0.2) is 34.1 Å². The zero-order chi connectivity index (χ0) is 14.5. The van der Waals surface area contributed by atoms with Crippen molar-refractivity contribution >= 4 is 27.3 Å². The van der Waals surface area contributed by atoms with Gasteiger partial charge in [0.1, 0.15) is 5.82 Å². The van der Waals surface area contributed by atoms with Crippen molar-refractivity contribution in [3.05, 3.63) is 55.9 Å². The van der Waals surface area contributed by atoms with Gasteiger partial charge >= 0.3 is 0 Å². The van der Waals surface area contributed by atoms with Gasteiger partial charge in [0.25, 0.3) is 0 Å². The van der Waals surface area contributed by atoms with Crippen molar-refractivity contribution in [3.63, 3.8) is 0 Å². The molecule has 0 saturated carbocycles. The van der Waals surface area contributed by atoms with Gasteiger partial charge in [0.15, 0.2) is 0 Å². The van der Waals surface area contributed by atoms with E-state index in [0.29, 0.717) is 0 Å². The number of thiophene rings is 1. The summed E-state index contributed by atoms with van der Waals surface area (Å²) in [5, 5.41) is 5.73. The van der Waals surface area contributed by atoms with Gasteiger partial charge in [-0.15, -0.1) is 11.3 Å². The molecule has 1 aromatic carbocycles. The Morgan fingerprint density at radius 2 is 2.15 bits per heavy atom. The number of rotatable bonds is 6. The van der Waals surface area contributed by atoms with E-state index in [9.17, 15) is 4.39 Å². The summed E-state index contributed by atoms with van der Waals surface area (Å²) in [4.78, 5) is 1.37. The summed E-state index contributed by atoms with van der Waals surface area (Å²) < 4.78 is 14.0. The molecule has 0 saturated heterocycles. The van der Waals surface area contributed by atoms with Crippen LogP contribution in [0.2, 0.25) is 0 Å². The standard InChI is InChI=1S/C16H19BrFNS/c1-3-7-19-15(16-11(2)6-8-20-16)9-12-4-5-13(18)10-14(12)17/h4-6,8,10,15,19H,3,7,9H2,1-2H3. The molecule has 1 nitrogen and oxygen atoms in total. The molecule has 0 radical (unpaired) electrons. The van der Waals surface area contributed by atoms with Crippen LogP contribution in [0.1, 0.15) is 35.4 Å². The molecule has 0 fully saturated rings. The van der Waals surface area contributed by atoms with E-state index in [4.69, 9.17) is 0 Å². The highest BCUT2D eigenvalue weighted by molar-refractivity contribution is 9.10. The number of halogens is 2. The van der Waals surface area contributed by atoms with Crippen molar-refractivity contribution in [3.8, 4) is 0 Å². The topological polar surface area (TPSA) is 12.0 Å². The van der Waals surface area contributed by atoms with Crippen LogP contribution in [0.25, 0.3) is 0 Å². The molecule has 108 valence electrons. The van der Waals surface area contributed by atoms with E-state index in [1.54, 1.807) is 11.3 Å². The van der Waals surface area contributed by atoms with Crippen LogP contribution in [-0.4, -0.2) is 6.54 Å². The average molecular weight is 356 g/mol. The second kappa shape index (κ2) is 7.34. The third-order valence-electron chi connectivity index (χ3n) is 3.30. The Hall–Kier alpha value is -0.710. The highest BCUT2D eigenvalue weighted by atomic mass is 79.9. The summed E-state index contributed by atoms with van der Waals surface area (Å²) in [6.45, 7) is 5.30. The SMILES string of the molecule is CCCNC(Cc1ccc(F)cc1Br)c1sccc1C. The molecule has 1 heterocycles. The summed E-state index contributed by atoms with van der Waals surface area (Å²) in [6.07, 6.45) is 1.97. The summed E-state index contributed by atoms with van der Waals surface area (Å²) in [5.41, 5.74) is 2.45. The minimum atomic E-state index is -0.203. The lowest BCUT2D eigenvalue weighted by molar-refractivity contribution is 0.533. The number of aryl methyl sites for hydroxylation is 1. The maximum absolute atomic E-state index is 13.2. The Morgan fingerprint density at radius 1 is 1.35 bits per heavy atom. The minimum absolute atomic E-state index is 0.203. The summed E-state index contributed by atoms with van der Waals surface area (Å²) in [6, 6.07) is 7.37. The number of hydrogen-bond acceptors (Lipinski definition) is 2. The summed E-state index contributed by atoms with van der Waals surface area (Å²) >= 11 is 5.25. The largest absolute Gasteiger partial charge is 0.309 e. The van der Waals surface area contributed by atoms with Crippen molar-refractivity contribution < 1.29 is 4.39 Å². The molecule has 0 spiro atoms. The fourth-order valence-corrected chi connectivity index (χ4v) is 3.74. The van der Waals surface area contributed by atoms with Gasteiger partial charge in [-0.1, -0.05) is 28.9 Å². The van der Waals surface area contributed by atoms with E-state index in [-0.39, 0.29) is 11.9 Å². The van der Waals surface area contributed by atoms with Crippen molar-refractivity contribution in [1.82, 2.24) is 5.32 Å². The van der Waals surface area contributed by atoms with Crippen molar-refractivity contribution in [1.29, 1.82) is 0 Å². The van der Waals surface area contributed by atoms with Gasteiger partial charge in [0.05, 0.1) is 0 Å². The lowest BCUT2D eigenvalue weighted by atomic mass is 10.0. The Kier molecular flexibility index (Phi) is 5.75. The number of nitrogens with one attached hydrogen (secondary N) is 1. The lowest BCUT2D eigenvalue weighted by Gasteiger charge is -2.19. The highest BCUT2D eigenvalue weighted by Crippen LogP contribution is 2.29. The molecule has 0 aliphatic rings. The Morgan fingerprint density at radius 3 is 2.75 bits per heavy atom. The van der Waals surface area contributed by atoms with Gasteiger partial charge < -0.3 is 5.32 Å². The second-order valence-electron chi connectivity index (χ2n) is 4.91. The van der Waals surface area contributed by atoms with Crippen LogP contribution < -0.4 is 5.32 Å². The van der Waals surface area contributed by atoms with Crippen molar-refractivity contribution in [2.45, 2.75) is 32.7 Å². The van der Waals surface area contributed by atoms with E-state index >= 15 is 0 Å². The minimum Gasteiger partial charge on any atom is -0.309 e. The smallest absolute Gasteiger partial charge is 0.124 e. The zero-order valence-electron chi connectivity index (χ0n) is 11.7. The zero-order valence-corrected chi connectivity index (χ0v) is 14.2. The fraction of sp³-hybridized carbons (Fsp3) is 0.375. The van der Waals surface area contributed by atoms with Crippen molar-refractivity contribution in [2.24, 2.45) is 0 Å². The molecule has 0 bridgehead atoms. The van der Waals surface area contributed by atoms with Gasteiger partial charge in [-0.3, -0.25) is 0 Å². The molecule has 2 rings (SSSR count). The molecule has 1 unspecified atom stereocenters. The highest BCUT2D eigenvalue weighted by Gasteiger charge is 2.16. The number of hydrogen-bond donors (Lipinski definition) is 1. The van der Waals surface area contributed by atoms with Crippen LogP contribution in [0, 0.1) is 12.7 Å². The van der Waals surface area contributed by atoms with Gasteiger partial charge in [0, 0.05) is 15.4 Å². The van der Waals surface area contributed by atoms with E-state index in [1.165, 1.54) is 22.6 Å². The summed E-state index contributed by atoms with van der Waals surface area (Å²) in [7, 11) is 0. The maximum Gasteiger partial charge on any atom is 0.124 e. The molecule has 4 heteroatoms. The first-order valence-corrected chi connectivity index (χ1v) is 8.50. The molecule has 1 atom stereocenters. The first-order valence-electron chi connectivity index (χ1n) is 6.83. The Labute approximate surface area is 132 Å². The first-order chi connectivity index (χ1) is 9.61. The monoisotopic (exact) mass is 355 g/mol. The van der Waals surface area contributed by atoms with E-state index < -0.39 is 0 Å². The second-order valence-corrected chi connectivity index (χ2v) is 6.72. The Balaban J connectivity index is 2.21. The molecular weight excluding hydrogens is 337 g/mol. The molecular formula is C16H19BrFNS. The van der Waals surface area contributed by atoms with E-state index in [2.05, 4.69) is 46.5 Å². The van der Waals surface area contributed by atoms with Crippen LogP contribution >= 0.6 is 27.3 Å². The van der Waals surface area contributed by atoms with Gasteiger partial charge in [-0.25, -0.2) is 4.39 Å². The molecule has 20 heavy (non-hydrogen) atoms. The Bertz CT molecular complexity index is 567. The van der Waals surface area contributed by atoms with E-state index in [1.807, 2.05) is 6.07 Å². The molecule has 0 aliphatic heterocycles. The third-order valence-corrected chi connectivity index (χ3v) is 5.17. The van der Waals surface area contributed by atoms with E-state index in [0.717, 1.165) is 29.4 Å². The summed E-state index contributed by atoms with van der Waals surface area (Å²) in [5.74, 6) is -0.203. The molecule has 1 aromatic heterocycles. The van der Waals surface area contributed by atoms with Crippen LogP contribution in [0.3, 0.4) is 0 Å². The van der Waals surface area contributed by atoms with Crippen LogP contribution in [0.5, 0.6) is 0 Å².